The van der Waals surface area contributed by atoms with Crippen molar-refractivity contribution >= 4 is 23.1 Å². The number of hydrogen-bond donors (Lipinski definition) is 0. The Balaban J connectivity index is 1.44. The van der Waals surface area contributed by atoms with Crippen molar-refractivity contribution in [1.29, 1.82) is 0 Å². The molecule has 194 valence electrons. The van der Waals surface area contributed by atoms with Crippen molar-refractivity contribution in [3.05, 3.63) is 139 Å². The van der Waals surface area contributed by atoms with Crippen LogP contribution >= 0.6 is 0 Å². The summed E-state index contributed by atoms with van der Waals surface area (Å²) in [5.41, 5.74) is 12.7. The van der Waals surface area contributed by atoms with E-state index < -0.39 is 0 Å². The molecular weight excluding hydrogens is 499 g/mol. The minimum atomic E-state index is -0.0240. The monoisotopic (exact) mass is 526 g/mol. The molecule has 0 aromatic heterocycles. The lowest BCUT2D eigenvalue weighted by molar-refractivity contribution is 0.467. The summed E-state index contributed by atoms with van der Waals surface area (Å²) >= 11 is 0. The summed E-state index contributed by atoms with van der Waals surface area (Å²) in [6.07, 6.45) is 0. The fourth-order valence-electron chi connectivity index (χ4n) is 6.56. The van der Waals surface area contributed by atoms with Gasteiger partial charge in [0.1, 0.15) is 23.0 Å². The molecule has 0 radical (unpaired) electrons. The van der Waals surface area contributed by atoms with Crippen LogP contribution in [0.15, 0.2) is 127 Å². The zero-order valence-electron chi connectivity index (χ0n) is 23.0. The second-order valence-corrected chi connectivity index (χ2v) is 10.9. The minimum Gasteiger partial charge on any atom is -0.458 e. The number of fused-ring (bicyclic) bond motifs is 4. The Morgan fingerprint density at radius 1 is 0.415 bits per heavy atom. The number of ether oxygens (including phenoxy) is 2. The van der Waals surface area contributed by atoms with E-state index >= 15 is 0 Å². The van der Waals surface area contributed by atoms with Crippen molar-refractivity contribution in [2.45, 2.75) is 13.8 Å². The van der Waals surface area contributed by atoms with E-state index in [9.17, 15) is 0 Å². The Hall–Kier alpha value is -5.02. The molecule has 0 amide bonds. The van der Waals surface area contributed by atoms with Crippen molar-refractivity contribution < 1.29 is 9.47 Å². The number of aryl methyl sites for hydroxylation is 2. The maximum atomic E-state index is 7.06. The largest absolute Gasteiger partial charge is 0.458 e. The lowest BCUT2D eigenvalue weighted by Crippen LogP contribution is -2.57. The van der Waals surface area contributed by atoms with Crippen molar-refractivity contribution in [1.82, 2.24) is 0 Å². The van der Waals surface area contributed by atoms with E-state index in [1.54, 1.807) is 0 Å². The molecule has 0 N–H and O–H groups in total. The average Bonchev–Trinajstić information content (AvgIpc) is 3.02. The second-order valence-electron chi connectivity index (χ2n) is 10.9. The maximum Gasteiger partial charge on any atom is 0.260 e. The number of hydrogen-bond acceptors (Lipinski definition) is 2. The molecule has 6 aromatic rings. The minimum absolute atomic E-state index is 0.0240. The first-order valence-corrected chi connectivity index (χ1v) is 14.1. The molecule has 0 bridgehead atoms. The topological polar surface area (TPSA) is 18.5 Å². The van der Waals surface area contributed by atoms with Gasteiger partial charge >= 0.3 is 0 Å². The van der Waals surface area contributed by atoms with Gasteiger partial charge in [-0.25, -0.2) is 0 Å². The highest BCUT2D eigenvalue weighted by atomic mass is 16.5. The average molecular weight is 526 g/mol. The third-order valence-electron chi connectivity index (χ3n) is 8.53. The van der Waals surface area contributed by atoms with Gasteiger partial charge in [-0.3, -0.25) is 0 Å². The van der Waals surface area contributed by atoms with Crippen molar-refractivity contribution in [3.8, 4) is 56.4 Å². The van der Waals surface area contributed by atoms with Gasteiger partial charge in [-0.05, 0) is 64.7 Å². The Morgan fingerprint density at radius 3 is 1.61 bits per heavy atom. The molecule has 0 fully saturated rings. The summed E-state index contributed by atoms with van der Waals surface area (Å²) in [6, 6.07) is 45.0. The molecule has 0 atom stereocenters. The van der Waals surface area contributed by atoms with Crippen LogP contribution in [-0.4, -0.2) is 6.71 Å². The molecule has 0 saturated carbocycles. The zero-order chi connectivity index (χ0) is 27.5. The van der Waals surface area contributed by atoms with E-state index in [1.807, 2.05) is 0 Å². The van der Waals surface area contributed by atoms with E-state index in [-0.39, 0.29) is 6.71 Å². The van der Waals surface area contributed by atoms with Gasteiger partial charge in [0, 0.05) is 22.2 Å². The van der Waals surface area contributed by atoms with E-state index in [1.165, 1.54) is 22.3 Å². The van der Waals surface area contributed by atoms with Crippen LogP contribution in [0.1, 0.15) is 11.1 Å². The van der Waals surface area contributed by atoms with Gasteiger partial charge < -0.3 is 9.47 Å². The van der Waals surface area contributed by atoms with E-state index in [0.29, 0.717) is 0 Å². The van der Waals surface area contributed by atoms with E-state index in [2.05, 4.69) is 141 Å². The maximum absolute atomic E-state index is 7.06. The predicted molar refractivity (Wildman–Crippen MR) is 170 cm³/mol. The van der Waals surface area contributed by atoms with E-state index in [4.69, 9.17) is 9.47 Å². The molecule has 2 aliphatic heterocycles. The lowest BCUT2D eigenvalue weighted by Gasteiger charge is -2.35. The Bertz CT molecular complexity index is 1980. The van der Waals surface area contributed by atoms with Gasteiger partial charge in [0.25, 0.3) is 6.71 Å². The number of rotatable bonds is 3. The molecule has 41 heavy (non-hydrogen) atoms. The summed E-state index contributed by atoms with van der Waals surface area (Å²) < 4.78 is 13.9. The molecule has 6 aromatic carbocycles. The molecule has 0 aliphatic carbocycles. The van der Waals surface area contributed by atoms with Crippen LogP contribution < -0.4 is 25.9 Å². The standard InChI is InChI=1S/C38H27BO2/c1-24-12-6-8-16-27(24)30-19-11-21-33-37(30)41-38-31(28-17-9-7-13-25(28)2)22-23-34-35(38)39(33)32-20-10-18-29(36(32)40-34)26-14-4-3-5-15-26/h3-23H,1-2H3. The quantitative estimate of drug-likeness (QED) is 0.217. The van der Waals surface area contributed by atoms with Crippen LogP contribution in [0.5, 0.6) is 23.0 Å². The van der Waals surface area contributed by atoms with Gasteiger partial charge in [-0.15, -0.1) is 0 Å². The Labute approximate surface area is 240 Å². The van der Waals surface area contributed by atoms with Crippen LogP contribution in [0.2, 0.25) is 0 Å². The highest BCUT2D eigenvalue weighted by Gasteiger charge is 2.42. The molecule has 2 nitrogen and oxygen atoms in total. The number of benzene rings is 6. The van der Waals surface area contributed by atoms with Crippen molar-refractivity contribution in [3.63, 3.8) is 0 Å². The number of para-hydroxylation sites is 2. The summed E-state index contributed by atoms with van der Waals surface area (Å²) in [7, 11) is 0. The lowest BCUT2D eigenvalue weighted by atomic mass is 9.34. The van der Waals surface area contributed by atoms with Crippen molar-refractivity contribution in [2.24, 2.45) is 0 Å². The fourth-order valence-corrected chi connectivity index (χ4v) is 6.56. The summed E-state index contributed by atoms with van der Waals surface area (Å²) in [6.45, 7) is 4.30. The summed E-state index contributed by atoms with van der Waals surface area (Å²) in [5.74, 6) is 3.57. The molecular formula is C38H27BO2. The highest BCUT2D eigenvalue weighted by molar-refractivity contribution is 6.98. The van der Waals surface area contributed by atoms with Crippen LogP contribution in [0.3, 0.4) is 0 Å². The molecule has 8 rings (SSSR count). The Morgan fingerprint density at radius 2 is 0.951 bits per heavy atom. The first-order chi connectivity index (χ1) is 20.2. The van der Waals surface area contributed by atoms with Gasteiger partial charge in [-0.1, -0.05) is 115 Å². The highest BCUT2D eigenvalue weighted by Crippen LogP contribution is 2.45. The molecule has 0 spiro atoms. The SMILES string of the molecule is Cc1ccccc1-c1cccc2c1Oc1c(-c3ccccc3C)ccc3c1B2c1cccc(-c2ccccc2)c1O3. The fraction of sp³-hybridized carbons (Fsp3) is 0.0526. The van der Waals surface area contributed by atoms with E-state index in [0.717, 1.165) is 61.6 Å². The van der Waals surface area contributed by atoms with Gasteiger partial charge in [0.15, 0.2) is 0 Å². The van der Waals surface area contributed by atoms with Crippen molar-refractivity contribution in [2.75, 3.05) is 0 Å². The zero-order valence-corrected chi connectivity index (χ0v) is 23.0. The molecule has 2 aliphatic rings. The first-order valence-electron chi connectivity index (χ1n) is 14.1. The molecule has 0 saturated heterocycles. The molecule has 0 unspecified atom stereocenters. The predicted octanol–water partition coefficient (Wildman–Crippen LogP) is 8.03. The molecule has 3 heteroatoms. The first kappa shape index (κ1) is 23.8. The third kappa shape index (κ3) is 3.66. The second kappa shape index (κ2) is 9.28. The summed E-state index contributed by atoms with van der Waals surface area (Å²) in [4.78, 5) is 0. The Kier molecular flexibility index (Phi) is 5.40. The van der Waals surface area contributed by atoms with Gasteiger partial charge in [-0.2, -0.15) is 0 Å². The van der Waals surface area contributed by atoms with Gasteiger partial charge in [0.2, 0.25) is 0 Å². The molecule has 2 heterocycles. The van der Waals surface area contributed by atoms with Gasteiger partial charge in [0.05, 0.1) is 0 Å². The normalized spacial score (nSPS) is 12.5. The van der Waals surface area contributed by atoms with Crippen LogP contribution in [-0.2, 0) is 0 Å². The third-order valence-corrected chi connectivity index (χ3v) is 8.53. The van der Waals surface area contributed by atoms with Crippen LogP contribution in [0.4, 0.5) is 0 Å². The summed E-state index contributed by atoms with van der Waals surface area (Å²) in [5, 5.41) is 0. The van der Waals surface area contributed by atoms with Crippen LogP contribution in [0, 0.1) is 13.8 Å². The van der Waals surface area contributed by atoms with Crippen LogP contribution in [0.25, 0.3) is 33.4 Å². The smallest absolute Gasteiger partial charge is 0.260 e.